The average molecular weight is 391 g/mol. The molecule has 2 aromatic carbocycles. The van der Waals surface area contributed by atoms with Gasteiger partial charge >= 0.3 is 6.18 Å². The lowest BCUT2D eigenvalue weighted by Gasteiger charge is -2.20. The molecule has 2 rings (SSSR count). The Morgan fingerprint density at radius 3 is 1.68 bits per heavy atom. The van der Waals surface area contributed by atoms with E-state index in [1.807, 2.05) is 60.7 Å². The number of Topliss-reactive ketones (excluding diaryl/α,β-unsaturated/α-hetero) is 1. The number of hydrogen-bond acceptors (Lipinski definition) is 2. The predicted octanol–water partition coefficient (Wildman–Crippen LogP) is 5.36. The van der Waals surface area contributed by atoms with E-state index in [0.29, 0.717) is 25.7 Å². The Labute approximate surface area is 163 Å². The number of halogens is 3. The van der Waals surface area contributed by atoms with Crippen LogP contribution in [0, 0.1) is 0 Å². The Bertz CT molecular complexity index is 706. The van der Waals surface area contributed by atoms with Crippen LogP contribution < -0.4 is 5.32 Å². The summed E-state index contributed by atoms with van der Waals surface area (Å²) in [7, 11) is 0. The summed E-state index contributed by atoms with van der Waals surface area (Å²) in [6.07, 6.45) is -3.07. The predicted molar refractivity (Wildman–Crippen MR) is 102 cm³/mol. The second-order valence-corrected chi connectivity index (χ2v) is 6.66. The zero-order valence-electron chi connectivity index (χ0n) is 15.5. The van der Waals surface area contributed by atoms with Gasteiger partial charge in [-0.1, -0.05) is 73.5 Å². The third-order valence-corrected chi connectivity index (χ3v) is 4.44. The fourth-order valence-corrected chi connectivity index (χ4v) is 2.95. The zero-order valence-corrected chi connectivity index (χ0v) is 15.5. The summed E-state index contributed by atoms with van der Waals surface area (Å²) in [6, 6.07) is 19.1. The molecule has 1 amide bonds. The molecular formula is C22H24F3NO2. The molecule has 0 fully saturated rings. The highest BCUT2D eigenvalue weighted by atomic mass is 19.4. The SMILES string of the molecule is O=C(CCCCCCC(=O)C(F)(F)F)NC(c1ccccc1)c1ccccc1. The van der Waals surface area contributed by atoms with Crippen LogP contribution in [0.15, 0.2) is 60.7 Å². The van der Waals surface area contributed by atoms with Gasteiger partial charge in [0.25, 0.3) is 0 Å². The van der Waals surface area contributed by atoms with Gasteiger partial charge < -0.3 is 5.32 Å². The topological polar surface area (TPSA) is 46.2 Å². The lowest BCUT2D eigenvalue weighted by atomic mass is 9.98. The highest BCUT2D eigenvalue weighted by Crippen LogP contribution is 2.22. The third kappa shape index (κ3) is 7.18. The summed E-state index contributed by atoms with van der Waals surface area (Å²) in [5.74, 6) is -1.79. The van der Waals surface area contributed by atoms with Crippen LogP contribution in [-0.2, 0) is 9.59 Å². The molecule has 0 aliphatic heterocycles. The minimum atomic E-state index is -4.75. The summed E-state index contributed by atoms with van der Waals surface area (Å²) < 4.78 is 36.4. The van der Waals surface area contributed by atoms with Gasteiger partial charge in [-0.2, -0.15) is 13.2 Å². The van der Waals surface area contributed by atoms with Gasteiger partial charge in [-0.3, -0.25) is 9.59 Å². The number of carbonyl (C=O) groups excluding carboxylic acids is 2. The second-order valence-electron chi connectivity index (χ2n) is 6.66. The Hall–Kier alpha value is -2.63. The summed E-state index contributed by atoms with van der Waals surface area (Å²) in [6.45, 7) is 0. The largest absolute Gasteiger partial charge is 0.449 e. The molecule has 2 aromatic rings. The molecule has 0 saturated carbocycles. The fourth-order valence-electron chi connectivity index (χ4n) is 2.95. The summed E-state index contributed by atoms with van der Waals surface area (Å²) in [4.78, 5) is 23.2. The highest BCUT2D eigenvalue weighted by Gasteiger charge is 2.37. The highest BCUT2D eigenvalue weighted by molar-refractivity contribution is 5.83. The van der Waals surface area contributed by atoms with Gasteiger partial charge in [0, 0.05) is 12.8 Å². The molecule has 1 N–H and O–H groups in total. The van der Waals surface area contributed by atoms with Gasteiger partial charge in [-0.05, 0) is 24.0 Å². The first kappa shape index (κ1) is 21.7. The van der Waals surface area contributed by atoms with Crippen molar-refractivity contribution in [2.24, 2.45) is 0 Å². The molecule has 0 spiro atoms. The zero-order chi connectivity index (χ0) is 20.4. The third-order valence-electron chi connectivity index (χ3n) is 4.44. The Balaban J connectivity index is 1.79. The molecule has 28 heavy (non-hydrogen) atoms. The van der Waals surface area contributed by atoms with E-state index in [9.17, 15) is 22.8 Å². The second kappa shape index (κ2) is 10.6. The van der Waals surface area contributed by atoms with Crippen LogP contribution in [0.2, 0.25) is 0 Å². The summed E-state index contributed by atoms with van der Waals surface area (Å²) in [5, 5.41) is 3.04. The molecule has 0 aliphatic carbocycles. The molecule has 150 valence electrons. The van der Waals surface area contributed by atoms with Crippen molar-refractivity contribution in [2.75, 3.05) is 0 Å². The first-order chi connectivity index (χ1) is 13.4. The molecule has 0 aliphatic rings. The molecule has 0 heterocycles. The van der Waals surface area contributed by atoms with Crippen LogP contribution in [-0.4, -0.2) is 17.9 Å². The molecule has 0 radical (unpaired) electrons. The van der Waals surface area contributed by atoms with Crippen LogP contribution >= 0.6 is 0 Å². The van der Waals surface area contributed by atoms with E-state index in [4.69, 9.17) is 0 Å². The van der Waals surface area contributed by atoms with E-state index in [-0.39, 0.29) is 18.4 Å². The van der Waals surface area contributed by atoms with Gasteiger partial charge in [-0.15, -0.1) is 0 Å². The van der Waals surface area contributed by atoms with Crippen LogP contribution in [0.3, 0.4) is 0 Å². The van der Waals surface area contributed by atoms with E-state index in [2.05, 4.69) is 5.32 Å². The molecule has 3 nitrogen and oxygen atoms in total. The van der Waals surface area contributed by atoms with Crippen LogP contribution in [0.25, 0.3) is 0 Å². The van der Waals surface area contributed by atoms with E-state index in [1.54, 1.807) is 0 Å². The van der Waals surface area contributed by atoms with Gasteiger partial charge in [0.2, 0.25) is 11.7 Å². The van der Waals surface area contributed by atoms with E-state index in [0.717, 1.165) is 11.1 Å². The minimum Gasteiger partial charge on any atom is -0.345 e. The average Bonchev–Trinajstić information content (AvgIpc) is 2.69. The molecule has 0 bridgehead atoms. The number of benzene rings is 2. The van der Waals surface area contributed by atoms with Crippen molar-refractivity contribution in [1.29, 1.82) is 0 Å². The maximum atomic E-state index is 12.4. The molecule has 0 aromatic heterocycles. The lowest BCUT2D eigenvalue weighted by molar-refractivity contribution is -0.171. The Morgan fingerprint density at radius 2 is 1.21 bits per heavy atom. The van der Waals surface area contributed by atoms with Crippen molar-refractivity contribution in [1.82, 2.24) is 5.32 Å². The number of nitrogens with one attached hydrogen (secondary N) is 1. The number of hydrogen-bond donors (Lipinski definition) is 1. The quantitative estimate of drug-likeness (QED) is 0.554. The summed E-state index contributed by atoms with van der Waals surface area (Å²) >= 11 is 0. The number of carbonyl (C=O) groups is 2. The van der Waals surface area contributed by atoms with E-state index >= 15 is 0 Å². The first-order valence-corrected chi connectivity index (χ1v) is 9.37. The number of amides is 1. The smallest absolute Gasteiger partial charge is 0.345 e. The molecule has 6 heteroatoms. The lowest BCUT2D eigenvalue weighted by Crippen LogP contribution is -2.29. The van der Waals surface area contributed by atoms with Crippen molar-refractivity contribution in [3.8, 4) is 0 Å². The normalized spacial score (nSPS) is 11.4. The molecular weight excluding hydrogens is 367 g/mol. The number of alkyl halides is 3. The van der Waals surface area contributed by atoms with Gasteiger partial charge in [0.1, 0.15) is 0 Å². The number of unbranched alkanes of at least 4 members (excludes halogenated alkanes) is 3. The standard InChI is InChI=1S/C22H24F3NO2/c23-22(24,25)19(27)15-9-1-2-10-16-20(28)26-21(17-11-5-3-6-12-17)18-13-7-4-8-14-18/h3-8,11-14,21H,1-2,9-10,15-16H2,(H,26,28). The minimum absolute atomic E-state index is 0.107. The molecule has 0 saturated heterocycles. The number of ketones is 1. The van der Waals surface area contributed by atoms with Gasteiger partial charge in [0.15, 0.2) is 0 Å². The van der Waals surface area contributed by atoms with Crippen molar-refractivity contribution in [3.63, 3.8) is 0 Å². The van der Waals surface area contributed by atoms with E-state index < -0.39 is 18.4 Å². The Morgan fingerprint density at radius 1 is 0.750 bits per heavy atom. The molecule has 0 unspecified atom stereocenters. The monoisotopic (exact) mass is 391 g/mol. The van der Waals surface area contributed by atoms with Crippen molar-refractivity contribution in [3.05, 3.63) is 71.8 Å². The fraction of sp³-hybridized carbons (Fsp3) is 0.364. The maximum absolute atomic E-state index is 12.4. The van der Waals surface area contributed by atoms with Crippen molar-refractivity contribution in [2.45, 2.75) is 50.7 Å². The summed E-state index contributed by atoms with van der Waals surface area (Å²) in [5.41, 5.74) is 1.96. The molecule has 0 atom stereocenters. The van der Waals surface area contributed by atoms with Crippen LogP contribution in [0.4, 0.5) is 13.2 Å². The van der Waals surface area contributed by atoms with Crippen molar-refractivity contribution >= 4 is 11.7 Å². The van der Waals surface area contributed by atoms with Crippen molar-refractivity contribution < 1.29 is 22.8 Å². The van der Waals surface area contributed by atoms with E-state index in [1.165, 1.54) is 0 Å². The van der Waals surface area contributed by atoms with Crippen LogP contribution in [0.5, 0.6) is 0 Å². The van der Waals surface area contributed by atoms with Gasteiger partial charge in [0.05, 0.1) is 6.04 Å². The first-order valence-electron chi connectivity index (χ1n) is 9.37. The van der Waals surface area contributed by atoms with Crippen LogP contribution in [0.1, 0.15) is 55.7 Å². The Kier molecular flexibility index (Phi) is 8.23. The maximum Gasteiger partial charge on any atom is 0.449 e. The number of rotatable bonds is 10. The van der Waals surface area contributed by atoms with Gasteiger partial charge in [-0.25, -0.2) is 0 Å².